The van der Waals surface area contributed by atoms with Gasteiger partial charge in [0.05, 0.1) is 6.61 Å². The van der Waals surface area contributed by atoms with Gasteiger partial charge in [-0.05, 0) is 43.2 Å². The molecule has 6 nitrogen and oxygen atoms in total. The van der Waals surface area contributed by atoms with Gasteiger partial charge in [0.2, 0.25) is 0 Å². The van der Waals surface area contributed by atoms with Crippen LogP contribution >= 0.6 is 0 Å². The highest BCUT2D eigenvalue weighted by molar-refractivity contribution is 5.96. The Morgan fingerprint density at radius 1 is 1.06 bits per heavy atom. The number of amides is 1. The van der Waals surface area contributed by atoms with E-state index in [0.29, 0.717) is 37.1 Å². The Morgan fingerprint density at radius 3 is 2.58 bits per heavy atom. The first kappa shape index (κ1) is 19.4. The predicted molar refractivity (Wildman–Crippen MR) is 119 cm³/mol. The van der Waals surface area contributed by atoms with Crippen LogP contribution in [0.5, 0.6) is 5.75 Å². The second kappa shape index (κ2) is 7.61. The van der Waals surface area contributed by atoms with E-state index >= 15 is 0 Å². The monoisotopic (exact) mass is 415 g/mol. The fourth-order valence-electron chi connectivity index (χ4n) is 4.58. The standard InChI is InChI=1S/C25H25N3O3/c1-27-23(26)18-7-8-21-19(15-18)25(16-30-21)11-13-28(14-12-25)24(29)22-10-9-20(31-22)17-5-3-2-4-6-17/h2-10,15H,11-14,16H2,1H3,(H2,26,27). The molecular formula is C25H25N3O3. The Balaban J connectivity index is 1.31. The first-order valence-electron chi connectivity index (χ1n) is 10.6. The number of hydrogen-bond donors (Lipinski definition) is 2. The van der Waals surface area contributed by atoms with E-state index in [1.807, 2.05) is 53.4 Å². The van der Waals surface area contributed by atoms with E-state index in [-0.39, 0.29) is 11.3 Å². The average molecular weight is 415 g/mol. The lowest BCUT2D eigenvalue weighted by Crippen LogP contribution is -2.46. The Labute approximate surface area is 181 Å². The molecule has 3 aromatic rings. The van der Waals surface area contributed by atoms with Crippen LogP contribution in [-0.4, -0.2) is 43.4 Å². The molecule has 1 aromatic heterocycles. The van der Waals surface area contributed by atoms with Crippen molar-refractivity contribution >= 4 is 11.7 Å². The molecule has 6 heteroatoms. The summed E-state index contributed by atoms with van der Waals surface area (Å²) in [7, 11) is 1.75. The molecule has 0 atom stereocenters. The van der Waals surface area contributed by atoms with Gasteiger partial charge in [-0.2, -0.15) is 0 Å². The largest absolute Gasteiger partial charge is 0.492 e. The highest BCUT2D eigenvalue weighted by atomic mass is 16.5. The van der Waals surface area contributed by atoms with Gasteiger partial charge >= 0.3 is 0 Å². The Kier molecular flexibility index (Phi) is 4.77. The van der Waals surface area contributed by atoms with Crippen molar-refractivity contribution in [1.82, 2.24) is 10.2 Å². The summed E-state index contributed by atoms with van der Waals surface area (Å²) >= 11 is 0. The number of fused-ring (bicyclic) bond motifs is 2. The molecule has 2 aromatic carbocycles. The van der Waals surface area contributed by atoms with E-state index in [4.69, 9.17) is 14.6 Å². The van der Waals surface area contributed by atoms with Crippen LogP contribution in [0.1, 0.15) is 34.5 Å². The SMILES string of the molecule is CNC(=N)c1ccc2c(c1)C1(CCN(C(=O)c3ccc(-c4ccccc4)o3)CC1)CO2. The second-order valence-corrected chi connectivity index (χ2v) is 8.23. The molecule has 2 N–H and O–H groups in total. The van der Waals surface area contributed by atoms with Gasteiger partial charge in [0.25, 0.3) is 5.91 Å². The predicted octanol–water partition coefficient (Wildman–Crippen LogP) is 4.06. The molecule has 0 saturated carbocycles. The van der Waals surface area contributed by atoms with Crippen molar-refractivity contribution < 1.29 is 13.9 Å². The van der Waals surface area contributed by atoms with Crippen LogP contribution in [0, 0.1) is 5.41 Å². The van der Waals surface area contributed by atoms with Crippen molar-refractivity contribution in [3.8, 4) is 17.1 Å². The first-order valence-corrected chi connectivity index (χ1v) is 10.6. The minimum Gasteiger partial charge on any atom is -0.492 e. The van der Waals surface area contributed by atoms with Crippen LogP contribution in [0.2, 0.25) is 0 Å². The molecule has 2 aliphatic heterocycles. The van der Waals surface area contributed by atoms with Crippen LogP contribution in [0.25, 0.3) is 11.3 Å². The maximum absolute atomic E-state index is 13.0. The van der Waals surface area contributed by atoms with Gasteiger partial charge in [0, 0.05) is 42.2 Å². The van der Waals surface area contributed by atoms with Crippen LogP contribution in [-0.2, 0) is 5.41 Å². The molecule has 5 rings (SSSR count). The Morgan fingerprint density at radius 2 is 1.84 bits per heavy atom. The molecule has 0 radical (unpaired) electrons. The minimum absolute atomic E-state index is 0.0677. The van der Waals surface area contributed by atoms with Crippen LogP contribution < -0.4 is 10.1 Å². The summed E-state index contributed by atoms with van der Waals surface area (Å²) in [6, 6.07) is 19.4. The lowest BCUT2D eigenvalue weighted by atomic mass is 9.74. The van der Waals surface area contributed by atoms with Crippen molar-refractivity contribution in [3.05, 3.63) is 77.6 Å². The van der Waals surface area contributed by atoms with E-state index < -0.39 is 0 Å². The Hall–Kier alpha value is -3.54. The van der Waals surface area contributed by atoms with Gasteiger partial charge in [0.1, 0.15) is 17.3 Å². The molecule has 1 fully saturated rings. The molecule has 2 aliphatic rings. The number of carbonyl (C=O) groups excluding carboxylic acids is 1. The molecule has 1 amide bonds. The van der Waals surface area contributed by atoms with Gasteiger partial charge in [-0.15, -0.1) is 0 Å². The van der Waals surface area contributed by atoms with Crippen molar-refractivity contribution in [2.24, 2.45) is 0 Å². The van der Waals surface area contributed by atoms with Gasteiger partial charge in [-0.25, -0.2) is 0 Å². The maximum atomic E-state index is 13.0. The highest BCUT2D eigenvalue weighted by Gasteiger charge is 2.44. The minimum atomic E-state index is -0.103. The normalized spacial score (nSPS) is 16.6. The molecule has 0 bridgehead atoms. The molecule has 0 aliphatic carbocycles. The molecule has 0 unspecified atom stereocenters. The van der Waals surface area contributed by atoms with Gasteiger partial charge < -0.3 is 19.4 Å². The third-order valence-electron chi connectivity index (χ3n) is 6.48. The number of benzene rings is 2. The molecule has 158 valence electrons. The summed E-state index contributed by atoms with van der Waals surface area (Å²) in [5, 5.41) is 11.0. The van der Waals surface area contributed by atoms with E-state index in [0.717, 1.165) is 35.3 Å². The van der Waals surface area contributed by atoms with Crippen LogP contribution in [0.15, 0.2) is 65.1 Å². The molecule has 1 spiro atoms. The van der Waals surface area contributed by atoms with E-state index in [9.17, 15) is 4.79 Å². The summed E-state index contributed by atoms with van der Waals surface area (Å²) < 4.78 is 11.8. The second-order valence-electron chi connectivity index (χ2n) is 8.23. The number of likely N-dealkylation sites (tertiary alicyclic amines) is 1. The van der Waals surface area contributed by atoms with Gasteiger partial charge in [0.15, 0.2) is 5.76 Å². The molecule has 31 heavy (non-hydrogen) atoms. The fraction of sp³-hybridized carbons (Fsp3) is 0.280. The van der Waals surface area contributed by atoms with E-state index in [2.05, 4.69) is 11.4 Å². The highest BCUT2D eigenvalue weighted by Crippen LogP contribution is 2.46. The summed E-state index contributed by atoms with van der Waals surface area (Å²) in [5.41, 5.74) is 2.87. The van der Waals surface area contributed by atoms with Gasteiger partial charge in [-0.1, -0.05) is 30.3 Å². The third kappa shape index (κ3) is 3.38. The van der Waals surface area contributed by atoms with E-state index in [1.54, 1.807) is 13.1 Å². The number of carbonyl (C=O) groups is 1. The van der Waals surface area contributed by atoms with Crippen LogP contribution in [0.3, 0.4) is 0 Å². The molecular weight excluding hydrogens is 390 g/mol. The summed E-state index contributed by atoms with van der Waals surface area (Å²) in [5.74, 6) is 2.30. The smallest absolute Gasteiger partial charge is 0.289 e. The number of hydrogen-bond acceptors (Lipinski definition) is 4. The van der Waals surface area contributed by atoms with Crippen molar-refractivity contribution in [2.45, 2.75) is 18.3 Å². The fourth-order valence-corrected chi connectivity index (χ4v) is 4.58. The average Bonchev–Trinajstić information content (AvgIpc) is 3.45. The zero-order valence-electron chi connectivity index (χ0n) is 17.5. The quantitative estimate of drug-likeness (QED) is 0.500. The lowest BCUT2D eigenvalue weighted by Gasteiger charge is -2.38. The number of amidine groups is 1. The maximum Gasteiger partial charge on any atom is 0.289 e. The number of nitrogens with zero attached hydrogens (tertiary/aromatic N) is 1. The van der Waals surface area contributed by atoms with E-state index in [1.165, 1.54) is 0 Å². The topological polar surface area (TPSA) is 78.6 Å². The first-order chi connectivity index (χ1) is 15.1. The van der Waals surface area contributed by atoms with Crippen LogP contribution in [0.4, 0.5) is 0 Å². The zero-order valence-corrected chi connectivity index (χ0v) is 17.5. The number of nitrogens with one attached hydrogen (secondary N) is 2. The molecule has 1 saturated heterocycles. The number of rotatable bonds is 3. The number of furan rings is 1. The van der Waals surface area contributed by atoms with Gasteiger partial charge in [-0.3, -0.25) is 10.2 Å². The summed E-state index contributed by atoms with van der Waals surface area (Å²) in [4.78, 5) is 14.9. The van der Waals surface area contributed by atoms with Crippen molar-refractivity contribution in [2.75, 3.05) is 26.7 Å². The lowest BCUT2D eigenvalue weighted by molar-refractivity contribution is 0.0616. The number of piperidine rings is 1. The Bertz CT molecular complexity index is 1130. The van der Waals surface area contributed by atoms with Crippen molar-refractivity contribution in [1.29, 1.82) is 5.41 Å². The van der Waals surface area contributed by atoms with Crippen molar-refractivity contribution in [3.63, 3.8) is 0 Å². The third-order valence-corrected chi connectivity index (χ3v) is 6.48. The number of ether oxygens (including phenoxy) is 1. The zero-order chi connectivity index (χ0) is 21.4. The summed E-state index contributed by atoms with van der Waals surface area (Å²) in [6.07, 6.45) is 1.66. The molecule has 3 heterocycles. The summed E-state index contributed by atoms with van der Waals surface area (Å²) in [6.45, 7) is 1.92.